The van der Waals surface area contributed by atoms with E-state index in [0.717, 1.165) is 12.8 Å². The predicted molar refractivity (Wildman–Crippen MR) is 112 cm³/mol. The van der Waals surface area contributed by atoms with Crippen LogP contribution in [-0.2, 0) is 0 Å². The average Bonchev–Trinajstić information content (AvgIpc) is 2.65. The van der Waals surface area contributed by atoms with Crippen molar-refractivity contribution < 1.29 is 18.4 Å². The summed E-state index contributed by atoms with van der Waals surface area (Å²) in [7, 11) is 0. The van der Waals surface area contributed by atoms with Gasteiger partial charge >= 0.3 is 0 Å². The van der Waals surface area contributed by atoms with Crippen LogP contribution in [0.15, 0.2) is 48.5 Å². The summed E-state index contributed by atoms with van der Waals surface area (Å²) in [5.41, 5.74) is -0.338. The molecular weight excluding hydrogens is 386 g/mol. The lowest BCUT2D eigenvalue weighted by molar-refractivity contribution is 0.0589. The Balaban J connectivity index is 1.69. The van der Waals surface area contributed by atoms with Crippen molar-refractivity contribution in [2.45, 2.75) is 46.1 Å². The molecule has 2 N–H and O–H groups in total. The molecule has 4 nitrogen and oxygen atoms in total. The highest BCUT2D eigenvalue weighted by Gasteiger charge is 2.42. The summed E-state index contributed by atoms with van der Waals surface area (Å²) < 4.78 is 27.8. The van der Waals surface area contributed by atoms with Crippen molar-refractivity contribution in [3.05, 3.63) is 71.3 Å². The molecule has 0 bridgehead atoms. The standard InChI is InChI=1S/C24H28F2N2O2/c1-23(2)12-16(28-22(30)18-9-5-7-11-20(18)26)13-24(3,14-23)15-27-21(29)17-8-4-6-10-19(17)25/h4-11,16H,12-15H2,1-3H3,(H,27,29)(H,28,30)/t16-,24-/m0/s1. The van der Waals surface area contributed by atoms with Crippen LogP contribution >= 0.6 is 0 Å². The zero-order valence-corrected chi connectivity index (χ0v) is 17.6. The highest BCUT2D eigenvalue weighted by molar-refractivity contribution is 5.95. The minimum atomic E-state index is -0.556. The third-order valence-corrected chi connectivity index (χ3v) is 5.69. The van der Waals surface area contributed by atoms with Gasteiger partial charge in [-0.15, -0.1) is 0 Å². The highest BCUT2D eigenvalue weighted by atomic mass is 19.1. The third-order valence-electron chi connectivity index (χ3n) is 5.69. The first-order chi connectivity index (χ1) is 14.1. The summed E-state index contributed by atoms with van der Waals surface area (Å²) in [6.07, 6.45) is 2.22. The lowest BCUT2D eigenvalue weighted by Crippen LogP contribution is -2.50. The number of benzene rings is 2. The first-order valence-electron chi connectivity index (χ1n) is 10.2. The molecule has 2 aromatic carbocycles. The van der Waals surface area contributed by atoms with Crippen LogP contribution in [-0.4, -0.2) is 24.4 Å². The van der Waals surface area contributed by atoms with Gasteiger partial charge in [-0.25, -0.2) is 8.78 Å². The van der Waals surface area contributed by atoms with Crippen LogP contribution in [0, 0.1) is 22.5 Å². The van der Waals surface area contributed by atoms with E-state index in [9.17, 15) is 18.4 Å². The van der Waals surface area contributed by atoms with Gasteiger partial charge in [0, 0.05) is 12.6 Å². The number of rotatable bonds is 5. The Kier molecular flexibility index (Phi) is 6.25. The molecule has 0 unspecified atom stereocenters. The summed E-state index contributed by atoms with van der Waals surface area (Å²) in [6, 6.07) is 11.6. The van der Waals surface area contributed by atoms with Gasteiger partial charge in [-0.3, -0.25) is 9.59 Å². The number of hydrogen-bond acceptors (Lipinski definition) is 2. The normalized spacial score (nSPS) is 22.9. The Hall–Kier alpha value is -2.76. The second kappa shape index (κ2) is 8.54. The van der Waals surface area contributed by atoms with Crippen molar-refractivity contribution in [2.24, 2.45) is 10.8 Å². The van der Waals surface area contributed by atoms with Crippen LogP contribution in [0.5, 0.6) is 0 Å². The van der Waals surface area contributed by atoms with E-state index < -0.39 is 23.4 Å². The van der Waals surface area contributed by atoms with Gasteiger partial charge in [-0.05, 0) is 54.4 Å². The first-order valence-corrected chi connectivity index (χ1v) is 10.2. The van der Waals surface area contributed by atoms with E-state index in [0.29, 0.717) is 13.0 Å². The summed E-state index contributed by atoms with van der Waals surface area (Å²) in [6.45, 7) is 6.64. The SMILES string of the molecule is CC1(C)C[C@H](NC(=O)c2ccccc2F)C[C@](C)(CNC(=O)c2ccccc2F)C1. The second-order valence-electron chi connectivity index (χ2n) is 9.37. The maximum Gasteiger partial charge on any atom is 0.254 e. The van der Waals surface area contributed by atoms with Crippen molar-refractivity contribution in [1.29, 1.82) is 0 Å². The minimum Gasteiger partial charge on any atom is -0.351 e. The second-order valence-corrected chi connectivity index (χ2v) is 9.37. The van der Waals surface area contributed by atoms with Crippen LogP contribution < -0.4 is 10.6 Å². The fourth-order valence-electron chi connectivity index (χ4n) is 4.81. The number of hydrogen-bond donors (Lipinski definition) is 2. The Bertz CT molecular complexity index is 944. The number of carbonyl (C=O) groups excluding carboxylic acids is 2. The van der Waals surface area contributed by atoms with E-state index in [1.165, 1.54) is 24.3 Å². The van der Waals surface area contributed by atoms with Crippen molar-refractivity contribution >= 4 is 11.8 Å². The Labute approximate surface area is 176 Å². The van der Waals surface area contributed by atoms with E-state index >= 15 is 0 Å². The lowest BCUT2D eigenvalue weighted by Gasteiger charge is -2.47. The molecule has 0 aromatic heterocycles. The van der Waals surface area contributed by atoms with Gasteiger partial charge in [-0.1, -0.05) is 45.0 Å². The largest absolute Gasteiger partial charge is 0.351 e. The van der Waals surface area contributed by atoms with Crippen LogP contribution in [0.25, 0.3) is 0 Å². The first kappa shape index (κ1) is 21.9. The molecule has 2 aromatic rings. The summed E-state index contributed by atoms with van der Waals surface area (Å²) in [5.74, 6) is -2.00. The van der Waals surface area contributed by atoms with Gasteiger partial charge in [0.25, 0.3) is 11.8 Å². The Morgan fingerprint density at radius 1 is 0.900 bits per heavy atom. The fraction of sp³-hybridized carbons (Fsp3) is 0.417. The molecule has 2 atom stereocenters. The van der Waals surface area contributed by atoms with Gasteiger partial charge in [0.05, 0.1) is 11.1 Å². The van der Waals surface area contributed by atoms with Gasteiger partial charge < -0.3 is 10.6 Å². The maximum absolute atomic E-state index is 14.0. The molecule has 6 heteroatoms. The highest BCUT2D eigenvalue weighted by Crippen LogP contribution is 2.45. The third kappa shape index (κ3) is 5.23. The van der Waals surface area contributed by atoms with Gasteiger partial charge in [0.15, 0.2) is 0 Å². The number of nitrogens with one attached hydrogen (secondary N) is 2. The van der Waals surface area contributed by atoms with Crippen LogP contribution in [0.1, 0.15) is 60.7 Å². The maximum atomic E-state index is 14.0. The molecule has 1 aliphatic rings. The molecule has 0 heterocycles. The molecule has 2 amide bonds. The fourth-order valence-corrected chi connectivity index (χ4v) is 4.81. The van der Waals surface area contributed by atoms with Gasteiger partial charge in [0.1, 0.15) is 11.6 Å². The Morgan fingerprint density at radius 2 is 1.43 bits per heavy atom. The quantitative estimate of drug-likeness (QED) is 0.745. The van der Waals surface area contributed by atoms with E-state index in [1.807, 2.05) is 0 Å². The monoisotopic (exact) mass is 414 g/mol. The van der Waals surface area contributed by atoms with Gasteiger partial charge in [0.2, 0.25) is 0 Å². The topological polar surface area (TPSA) is 58.2 Å². The summed E-state index contributed by atoms with van der Waals surface area (Å²) in [5, 5.41) is 5.81. The van der Waals surface area contributed by atoms with Crippen LogP contribution in [0.3, 0.4) is 0 Å². The van der Waals surface area contributed by atoms with E-state index in [1.54, 1.807) is 24.3 Å². The summed E-state index contributed by atoms with van der Waals surface area (Å²) in [4.78, 5) is 25.0. The molecule has 1 fully saturated rings. The number of amides is 2. The van der Waals surface area contributed by atoms with E-state index in [2.05, 4.69) is 31.4 Å². The van der Waals surface area contributed by atoms with E-state index in [-0.39, 0.29) is 28.0 Å². The lowest BCUT2D eigenvalue weighted by atomic mass is 9.62. The molecule has 160 valence electrons. The minimum absolute atomic E-state index is 0.0144. The molecular formula is C24H28F2N2O2. The van der Waals surface area contributed by atoms with Crippen molar-refractivity contribution in [3.63, 3.8) is 0 Å². The molecule has 3 rings (SSSR count). The molecule has 1 aliphatic carbocycles. The summed E-state index contributed by atoms with van der Waals surface area (Å²) >= 11 is 0. The molecule has 30 heavy (non-hydrogen) atoms. The van der Waals surface area contributed by atoms with Gasteiger partial charge in [-0.2, -0.15) is 0 Å². The molecule has 0 spiro atoms. The average molecular weight is 414 g/mol. The Morgan fingerprint density at radius 3 is 2.00 bits per heavy atom. The van der Waals surface area contributed by atoms with Crippen molar-refractivity contribution in [3.8, 4) is 0 Å². The number of halogens is 2. The molecule has 0 saturated heterocycles. The molecule has 0 radical (unpaired) electrons. The van der Waals surface area contributed by atoms with E-state index in [4.69, 9.17) is 0 Å². The zero-order chi connectivity index (χ0) is 21.9. The van der Waals surface area contributed by atoms with Crippen LogP contribution in [0.4, 0.5) is 8.78 Å². The van der Waals surface area contributed by atoms with Crippen molar-refractivity contribution in [2.75, 3.05) is 6.54 Å². The molecule has 0 aliphatic heterocycles. The van der Waals surface area contributed by atoms with Crippen LogP contribution in [0.2, 0.25) is 0 Å². The molecule has 1 saturated carbocycles. The smallest absolute Gasteiger partial charge is 0.254 e. The zero-order valence-electron chi connectivity index (χ0n) is 17.6. The number of carbonyl (C=O) groups is 2. The predicted octanol–water partition coefficient (Wildman–Crippen LogP) is 4.71. The van der Waals surface area contributed by atoms with Crippen molar-refractivity contribution in [1.82, 2.24) is 10.6 Å².